The van der Waals surface area contributed by atoms with Gasteiger partial charge >= 0.3 is 0 Å². The number of hydrogen-bond acceptors (Lipinski definition) is 2. The first-order valence-electron chi connectivity index (χ1n) is 6.04. The molecule has 0 saturated heterocycles. The Morgan fingerprint density at radius 3 is 2.50 bits per heavy atom. The third-order valence-corrected chi connectivity index (χ3v) is 3.77. The van der Waals surface area contributed by atoms with Gasteiger partial charge in [-0.25, -0.2) is 0 Å². The molecular formula is C15H13BrClNO2. The average Bonchev–Trinajstić information content (AvgIpc) is 2.45. The number of hydrogen-bond donors (Lipinski definition) is 2. The number of aliphatic hydroxyl groups excluding tert-OH is 1. The van der Waals surface area contributed by atoms with Crippen LogP contribution in [0, 0.1) is 0 Å². The third-order valence-electron chi connectivity index (χ3n) is 2.83. The topological polar surface area (TPSA) is 49.3 Å². The Kier molecular flexibility index (Phi) is 5.17. The van der Waals surface area contributed by atoms with E-state index in [1.807, 2.05) is 6.07 Å². The highest BCUT2D eigenvalue weighted by Gasteiger charge is 2.12. The molecule has 5 heteroatoms. The van der Waals surface area contributed by atoms with Gasteiger partial charge in [0.2, 0.25) is 0 Å². The lowest BCUT2D eigenvalue weighted by Crippen LogP contribution is -2.28. The number of amides is 1. The first kappa shape index (κ1) is 15.0. The van der Waals surface area contributed by atoms with E-state index in [9.17, 15) is 9.90 Å². The summed E-state index contributed by atoms with van der Waals surface area (Å²) >= 11 is 9.10. The van der Waals surface area contributed by atoms with Crippen LogP contribution in [-0.4, -0.2) is 17.6 Å². The van der Waals surface area contributed by atoms with Crippen LogP contribution in [0.4, 0.5) is 0 Å². The Hall–Kier alpha value is -1.36. The van der Waals surface area contributed by atoms with Crippen molar-refractivity contribution in [2.75, 3.05) is 6.54 Å². The molecular weight excluding hydrogens is 342 g/mol. The van der Waals surface area contributed by atoms with Crippen LogP contribution in [0.2, 0.25) is 5.02 Å². The number of halogens is 2. The smallest absolute Gasteiger partial charge is 0.252 e. The van der Waals surface area contributed by atoms with Gasteiger partial charge in [0.25, 0.3) is 5.91 Å². The fourth-order valence-electron chi connectivity index (χ4n) is 1.73. The van der Waals surface area contributed by atoms with Crippen molar-refractivity contribution < 1.29 is 9.90 Å². The van der Waals surface area contributed by atoms with Crippen molar-refractivity contribution in [2.45, 2.75) is 6.10 Å². The molecule has 0 aromatic heterocycles. The first-order valence-corrected chi connectivity index (χ1v) is 7.21. The highest BCUT2D eigenvalue weighted by atomic mass is 79.9. The van der Waals surface area contributed by atoms with Crippen LogP contribution in [0.5, 0.6) is 0 Å². The Bertz CT molecular complexity index is 601. The third kappa shape index (κ3) is 3.82. The van der Waals surface area contributed by atoms with Gasteiger partial charge in [-0.1, -0.05) is 35.9 Å². The van der Waals surface area contributed by atoms with E-state index in [1.165, 1.54) is 0 Å². The molecule has 1 unspecified atom stereocenters. The molecule has 2 N–H and O–H groups in total. The molecule has 0 spiro atoms. The van der Waals surface area contributed by atoms with Gasteiger partial charge in [0.05, 0.1) is 11.7 Å². The second kappa shape index (κ2) is 6.88. The summed E-state index contributed by atoms with van der Waals surface area (Å²) in [7, 11) is 0. The standard InChI is InChI=1S/C15H13BrClNO2/c16-13-4-2-1-3-12(13)15(20)18-9-14(19)10-5-7-11(17)8-6-10/h1-8,14,19H,9H2,(H,18,20). The maximum absolute atomic E-state index is 12.0. The number of carbonyl (C=O) groups excluding carboxylic acids is 1. The maximum atomic E-state index is 12.0. The lowest BCUT2D eigenvalue weighted by molar-refractivity contribution is 0.0915. The summed E-state index contributed by atoms with van der Waals surface area (Å²) in [6.45, 7) is 0.141. The molecule has 2 aromatic rings. The molecule has 2 rings (SSSR count). The van der Waals surface area contributed by atoms with Gasteiger partial charge in [-0.05, 0) is 45.8 Å². The zero-order valence-electron chi connectivity index (χ0n) is 10.5. The summed E-state index contributed by atoms with van der Waals surface area (Å²) < 4.78 is 0.721. The quantitative estimate of drug-likeness (QED) is 0.882. The van der Waals surface area contributed by atoms with Crippen LogP contribution in [0.15, 0.2) is 53.0 Å². The minimum Gasteiger partial charge on any atom is -0.387 e. The summed E-state index contributed by atoms with van der Waals surface area (Å²) in [5, 5.41) is 13.3. The van der Waals surface area contributed by atoms with Crippen molar-refractivity contribution in [1.82, 2.24) is 5.32 Å². The van der Waals surface area contributed by atoms with Gasteiger partial charge in [-0.2, -0.15) is 0 Å². The van der Waals surface area contributed by atoms with Crippen molar-refractivity contribution in [3.63, 3.8) is 0 Å². The highest BCUT2D eigenvalue weighted by Crippen LogP contribution is 2.17. The number of aliphatic hydroxyl groups is 1. The zero-order valence-corrected chi connectivity index (χ0v) is 12.9. The minimum absolute atomic E-state index is 0.141. The molecule has 0 saturated carbocycles. The predicted molar refractivity (Wildman–Crippen MR) is 82.9 cm³/mol. The average molecular weight is 355 g/mol. The van der Waals surface area contributed by atoms with Crippen LogP contribution in [0.3, 0.4) is 0 Å². The molecule has 0 aliphatic carbocycles. The van der Waals surface area contributed by atoms with Crippen molar-refractivity contribution >= 4 is 33.4 Å². The summed E-state index contributed by atoms with van der Waals surface area (Å²) in [4.78, 5) is 12.0. The molecule has 0 aliphatic heterocycles. The molecule has 0 fully saturated rings. The number of benzene rings is 2. The van der Waals surface area contributed by atoms with Crippen molar-refractivity contribution in [3.8, 4) is 0 Å². The van der Waals surface area contributed by atoms with E-state index < -0.39 is 6.10 Å². The monoisotopic (exact) mass is 353 g/mol. The van der Waals surface area contributed by atoms with Crippen molar-refractivity contribution in [2.24, 2.45) is 0 Å². The van der Waals surface area contributed by atoms with Crippen LogP contribution in [-0.2, 0) is 0 Å². The second-order valence-corrected chi connectivity index (χ2v) is 5.55. The van der Waals surface area contributed by atoms with E-state index >= 15 is 0 Å². The molecule has 0 radical (unpaired) electrons. The minimum atomic E-state index is -0.765. The molecule has 1 amide bonds. The lowest BCUT2D eigenvalue weighted by Gasteiger charge is -2.13. The van der Waals surface area contributed by atoms with Gasteiger partial charge in [-0.3, -0.25) is 4.79 Å². The molecule has 0 aliphatic rings. The van der Waals surface area contributed by atoms with Gasteiger partial charge in [0.1, 0.15) is 0 Å². The van der Waals surface area contributed by atoms with Crippen LogP contribution in [0.1, 0.15) is 22.0 Å². The van der Waals surface area contributed by atoms with Crippen LogP contribution in [0.25, 0.3) is 0 Å². The molecule has 0 heterocycles. The normalized spacial score (nSPS) is 11.9. The molecule has 0 bridgehead atoms. The largest absolute Gasteiger partial charge is 0.387 e. The molecule has 20 heavy (non-hydrogen) atoms. The van der Waals surface area contributed by atoms with E-state index in [-0.39, 0.29) is 12.5 Å². The summed E-state index contributed by atoms with van der Waals surface area (Å²) in [5.41, 5.74) is 1.25. The maximum Gasteiger partial charge on any atom is 0.252 e. The summed E-state index contributed by atoms with van der Waals surface area (Å²) in [5.74, 6) is -0.231. The van der Waals surface area contributed by atoms with Crippen LogP contribution < -0.4 is 5.32 Å². The Morgan fingerprint density at radius 2 is 1.85 bits per heavy atom. The number of nitrogens with one attached hydrogen (secondary N) is 1. The van der Waals surface area contributed by atoms with Gasteiger partial charge in [0.15, 0.2) is 0 Å². The SMILES string of the molecule is O=C(NCC(O)c1ccc(Cl)cc1)c1ccccc1Br. The van der Waals surface area contributed by atoms with E-state index in [0.29, 0.717) is 16.1 Å². The number of carbonyl (C=O) groups is 1. The summed E-state index contributed by atoms with van der Waals surface area (Å²) in [6.07, 6.45) is -0.765. The van der Waals surface area contributed by atoms with Crippen LogP contribution >= 0.6 is 27.5 Å². The Balaban J connectivity index is 1.97. The van der Waals surface area contributed by atoms with Gasteiger partial charge in [0, 0.05) is 16.0 Å². The van der Waals surface area contributed by atoms with E-state index in [4.69, 9.17) is 11.6 Å². The Labute approximate surface area is 130 Å². The van der Waals surface area contributed by atoms with E-state index in [0.717, 1.165) is 4.47 Å². The Morgan fingerprint density at radius 1 is 1.20 bits per heavy atom. The fraction of sp³-hybridized carbons (Fsp3) is 0.133. The number of rotatable bonds is 4. The lowest BCUT2D eigenvalue weighted by atomic mass is 10.1. The van der Waals surface area contributed by atoms with Gasteiger partial charge < -0.3 is 10.4 Å². The van der Waals surface area contributed by atoms with Crippen molar-refractivity contribution in [1.29, 1.82) is 0 Å². The molecule has 104 valence electrons. The van der Waals surface area contributed by atoms with Gasteiger partial charge in [-0.15, -0.1) is 0 Å². The second-order valence-electron chi connectivity index (χ2n) is 4.26. The molecule has 3 nitrogen and oxygen atoms in total. The van der Waals surface area contributed by atoms with E-state index in [2.05, 4.69) is 21.2 Å². The molecule has 2 aromatic carbocycles. The van der Waals surface area contributed by atoms with Crippen molar-refractivity contribution in [3.05, 3.63) is 69.2 Å². The highest BCUT2D eigenvalue weighted by molar-refractivity contribution is 9.10. The predicted octanol–water partition coefficient (Wildman–Crippen LogP) is 3.57. The summed E-state index contributed by atoms with van der Waals surface area (Å²) in [6, 6.07) is 14.0. The fourth-order valence-corrected chi connectivity index (χ4v) is 2.32. The van der Waals surface area contributed by atoms with E-state index in [1.54, 1.807) is 42.5 Å². The first-order chi connectivity index (χ1) is 9.58. The zero-order chi connectivity index (χ0) is 14.5. The molecule has 1 atom stereocenters.